The Morgan fingerprint density at radius 2 is 2.00 bits per heavy atom. The molecule has 1 aliphatic carbocycles. The smallest absolute Gasteiger partial charge is 0.169 e. The van der Waals surface area contributed by atoms with E-state index in [1.54, 1.807) is 31.4 Å². The van der Waals surface area contributed by atoms with E-state index in [1.807, 2.05) is 0 Å². The van der Waals surface area contributed by atoms with Gasteiger partial charge in [-0.05, 0) is 37.1 Å². The van der Waals surface area contributed by atoms with E-state index >= 15 is 0 Å². The average Bonchev–Trinajstić information content (AvgIpc) is 3.00. The fourth-order valence-corrected chi connectivity index (χ4v) is 4.32. The highest BCUT2D eigenvalue weighted by Gasteiger charge is 2.86. The van der Waals surface area contributed by atoms with Gasteiger partial charge in [-0.15, -0.1) is 0 Å². The lowest BCUT2D eigenvalue weighted by Gasteiger charge is -2.29. The molecular weight excluding hydrogens is 308 g/mol. The van der Waals surface area contributed by atoms with Crippen LogP contribution in [0.15, 0.2) is 24.3 Å². The fourth-order valence-electron chi connectivity index (χ4n) is 4.32. The first kappa shape index (κ1) is 15.1. The van der Waals surface area contributed by atoms with Crippen LogP contribution in [0.25, 0.3) is 0 Å². The monoisotopic (exact) mass is 324 g/mol. The van der Waals surface area contributed by atoms with Crippen LogP contribution in [0.3, 0.4) is 0 Å². The Kier molecular flexibility index (Phi) is 3.18. The minimum atomic E-state index is -1.38. The summed E-state index contributed by atoms with van der Waals surface area (Å²) in [4.78, 5) is 13.0. The van der Waals surface area contributed by atoms with Gasteiger partial charge in [0.2, 0.25) is 0 Å². The molecule has 4 rings (SSSR count). The van der Waals surface area contributed by atoms with Gasteiger partial charge in [0, 0.05) is 5.56 Å². The molecule has 2 heterocycles. The van der Waals surface area contributed by atoms with Crippen LogP contribution >= 0.6 is 0 Å². The molecule has 0 unspecified atom stereocenters. The van der Waals surface area contributed by atoms with Crippen LogP contribution in [0, 0.1) is 39.4 Å². The van der Waals surface area contributed by atoms with Gasteiger partial charge in [-0.3, -0.25) is 4.79 Å². The SMILES string of the molecule is COc1ccc(C(=O)[C@H]2C(C#N)(C#N)[C@]23CC[C@H]2CO[C@H]3O2)cc1. The lowest BCUT2D eigenvalue weighted by atomic mass is 9.86. The summed E-state index contributed by atoms with van der Waals surface area (Å²) in [6.07, 6.45) is 0.653. The minimum Gasteiger partial charge on any atom is -0.497 e. The number of rotatable bonds is 3. The van der Waals surface area contributed by atoms with Gasteiger partial charge in [-0.1, -0.05) is 0 Å². The molecule has 1 saturated carbocycles. The van der Waals surface area contributed by atoms with Crippen molar-refractivity contribution in [1.82, 2.24) is 0 Å². The largest absolute Gasteiger partial charge is 0.497 e. The van der Waals surface area contributed by atoms with Crippen LogP contribution in [-0.2, 0) is 9.47 Å². The summed E-state index contributed by atoms with van der Waals surface area (Å²) in [7, 11) is 1.55. The Balaban J connectivity index is 1.72. The summed E-state index contributed by atoms with van der Waals surface area (Å²) in [5, 5.41) is 19.4. The second-order valence-corrected chi connectivity index (χ2v) is 6.56. The zero-order chi connectivity index (χ0) is 16.9. The van der Waals surface area contributed by atoms with Crippen molar-refractivity contribution < 1.29 is 19.0 Å². The number of nitrogens with zero attached hydrogens (tertiary/aromatic N) is 2. The van der Waals surface area contributed by atoms with Crippen molar-refractivity contribution in [3.05, 3.63) is 29.8 Å². The van der Waals surface area contributed by atoms with Crippen LogP contribution in [0.2, 0.25) is 0 Å². The number of methoxy groups -OCH3 is 1. The third-order valence-electron chi connectivity index (χ3n) is 5.64. The van der Waals surface area contributed by atoms with Crippen LogP contribution in [0.1, 0.15) is 23.2 Å². The van der Waals surface area contributed by atoms with Crippen LogP contribution in [0.5, 0.6) is 5.75 Å². The maximum Gasteiger partial charge on any atom is 0.169 e. The molecule has 1 spiro atoms. The highest BCUT2D eigenvalue weighted by atomic mass is 16.7. The summed E-state index contributed by atoms with van der Waals surface area (Å²) in [6, 6.07) is 10.9. The van der Waals surface area contributed by atoms with E-state index < -0.39 is 23.0 Å². The van der Waals surface area contributed by atoms with Gasteiger partial charge in [0.15, 0.2) is 17.5 Å². The molecule has 6 heteroatoms. The van der Waals surface area contributed by atoms with E-state index in [2.05, 4.69) is 12.1 Å². The summed E-state index contributed by atoms with van der Waals surface area (Å²) >= 11 is 0. The van der Waals surface area contributed by atoms with Crippen LogP contribution < -0.4 is 4.74 Å². The summed E-state index contributed by atoms with van der Waals surface area (Å²) in [6.45, 7) is 0.461. The summed E-state index contributed by atoms with van der Waals surface area (Å²) in [5.41, 5.74) is -1.78. The quantitative estimate of drug-likeness (QED) is 0.790. The van der Waals surface area contributed by atoms with E-state index in [9.17, 15) is 15.3 Å². The number of benzene rings is 1. The normalized spacial score (nSPS) is 35.0. The lowest BCUT2D eigenvalue weighted by Crippen LogP contribution is -2.35. The second kappa shape index (κ2) is 5.04. The van der Waals surface area contributed by atoms with Crippen molar-refractivity contribution in [3.8, 4) is 17.9 Å². The van der Waals surface area contributed by atoms with Crippen molar-refractivity contribution in [2.75, 3.05) is 13.7 Å². The molecule has 0 amide bonds. The van der Waals surface area contributed by atoms with Gasteiger partial charge in [-0.2, -0.15) is 10.5 Å². The third kappa shape index (κ3) is 1.67. The number of hydrogen-bond donors (Lipinski definition) is 0. The van der Waals surface area contributed by atoms with Gasteiger partial charge in [-0.25, -0.2) is 0 Å². The molecule has 2 aliphatic heterocycles. The maximum atomic E-state index is 13.0. The number of nitriles is 2. The lowest BCUT2D eigenvalue weighted by molar-refractivity contribution is -0.140. The molecule has 24 heavy (non-hydrogen) atoms. The molecule has 1 aromatic carbocycles. The van der Waals surface area contributed by atoms with Gasteiger partial charge < -0.3 is 14.2 Å². The second-order valence-electron chi connectivity index (χ2n) is 6.56. The molecule has 2 saturated heterocycles. The summed E-state index contributed by atoms with van der Waals surface area (Å²) < 4.78 is 16.6. The third-order valence-corrected chi connectivity index (χ3v) is 5.64. The number of hydrogen-bond acceptors (Lipinski definition) is 6. The Hall–Kier alpha value is -2.41. The number of carbonyl (C=O) groups excluding carboxylic acids is 1. The van der Waals surface area contributed by atoms with Crippen LogP contribution in [0.4, 0.5) is 0 Å². The molecule has 3 fully saturated rings. The molecule has 2 bridgehead atoms. The van der Waals surface area contributed by atoms with Gasteiger partial charge >= 0.3 is 0 Å². The molecule has 6 nitrogen and oxygen atoms in total. The van der Waals surface area contributed by atoms with Gasteiger partial charge in [0.05, 0.1) is 43.3 Å². The number of ether oxygens (including phenoxy) is 3. The van der Waals surface area contributed by atoms with Crippen molar-refractivity contribution in [1.29, 1.82) is 10.5 Å². The maximum absolute atomic E-state index is 13.0. The predicted octanol–water partition coefficient (Wildman–Crippen LogP) is 2.06. The van der Waals surface area contributed by atoms with Crippen LogP contribution in [-0.4, -0.2) is 31.9 Å². The van der Waals surface area contributed by atoms with E-state index in [-0.39, 0.29) is 11.9 Å². The van der Waals surface area contributed by atoms with Crippen molar-refractivity contribution >= 4 is 5.78 Å². The first-order valence-electron chi connectivity index (χ1n) is 7.91. The zero-order valence-corrected chi connectivity index (χ0v) is 13.2. The van der Waals surface area contributed by atoms with Crippen molar-refractivity contribution in [2.45, 2.75) is 25.2 Å². The van der Waals surface area contributed by atoms with Crippen molar-refractivity contribution in [3.63, 3.8) is 0 Å². The zero-order valence-electron chi connectivity index (χ0n) is 13.2. The topological polar surface area (TPSA) is 92.3 Å². The van der Waals surface area contributed by atoms with E-state index in [0.29, 0.717) is 30.8 Å². The number of ketones is 1. The fraction of sp³-hybridized carbons (Fsp3) is 0.500. The average molecular weight is 324 g/mol. The molecule has 0 radical (unpaired) electrons. The molecule has 122 valence electrons. The molecule has 0 N–H and O–H groups in total. The Bertz CT molecular complexity index is 762. The van der Waals surface area contributed by atoms with Gasteiger partial charge in [0.25, 0.3) is 0 Å². The first-order valence-corrected chi connectivity index (χ1v) is 7.91. The summed E-state index contributed by atoms with van der Waals surface area (Å²) in [5.74, 6) is -0.289. The number of fused-ring (bicyclic) bond motifs is 3. The molecular formula is C18H16N2O4. The molecule has 0 aromatic heterocycles. The Morgan fingerprint density at radius 1 is 1.29 bits per heavy atom. The van der Waals surface area contributed by atoms with Gasteiger partial charge in [0.1, 0.15) is 5.75 Å². The van der Waals surface area contributed by atoms with E-state index in [0.717, 1.165) is 0 Å². The van der Waals surface area contributed by atoms with E-state index in [4.69, 9.17) is 14.2 Å². The minimum absolute atomic E-state index is 0.00745. The number of Topliss-reactive ketones (excluding diaryl/α,β-unsaturated/α-hetero) is 1. The Labute approximate surface area is 139 Å². The van der Waals surface area contributed by atoms with E-state index in [1.165, 1.54) is 0 Å². The standard InChI is InChI=1S/C18H16N2O4/c1-22-12-4-2-11(3-5-12)14(21)15-17(9-19,10-20)18(15)7-6-13-8-23-16(18)24-13/h2-5,13,15-16H,6-8H2,1H3/t13-,15-,16-,18+/m0/s1. The molecule has 4 atom stereocenters. The number of carbonyl (C=O) groups is 1. The Morgan fingerprint density at radius 3 is 2.62 bits per heavy atom. The highest BCUT2D eigenvalue weighted by molar-refractivity contribution is 6.02. The van der Waals surface area contributed by atoms with Crippen molar-refractivity contribution in [2.24, 2.45) is 16.7 Å². The molecule has 1 aromatic rings. The molecule has 3 aliphatic rings. The predicted molar refractivity (Wildman–Crippen MR) is 80.8 cm³/mol. The highest BCUT2D eigenvalue weighted by Crippen LogP contribution is 2.76. The first-order chi connectivity index (χ1) is 11.6.